The van der Waals surface area contributed by atoms with Crippen molar-refractivity contribution in [1.82, 2.24) is 24.9 Å². The van der Waals surface area contributed by atoms with Crippen molar-refractivity contribution < 1.29 is 9.53 Å². The van der Waals surface area contributed by atoms with Gasteiger partial charge in [-0.15, -0.1) is 5.10 Å². The number of cyclic esters (lactones) is 1. The first kappa shape index (κ1) is 12.2. The lowest BCUT2D eigenvalue weighted by Gasteiger charge is -2.02. The monoisotopic (exact) mass is 279 g/mol. The number of aryl methyl sites for hydroxylation is 2. The number of amides is 1. The van der Waals surface area contributed by atoms with E-state index in [0.29, 0.717) is 23.3 Å². The van der Waals surface area contributed by atoms with Crippen LogP contribution in [0.25, 0.3) is 5.78 Å². The average molecular weight is 279 g/mol. The lowest BCUT2D eigenvalue weighted by atomic mass is 10.4. The normalized spacial score (nSPS) is 18.6. The fraction of sp³-hybridized carbons (Fsp3) is 0.455. The first-order valence-corrected chi connectivity index (χ1v) is 6.87. The van der Waals surface area contributed by atoms with Gasteiger partial charge in [-0.1, -0.05) is 11.8 Å². The number of ether oxygens (including phenoxy) is 1. The van der Waals surface area contributed by atoms with Crippen LogP contribution >= 0.6 is 11.8 Å². The van der Waals surface area contributed by atoms with E-state index in [-0.39, 0.29) is 12.1 Å². The number of carbonyl (C=O) groups excluding carboxylic acids is 1. The number of hydrogen-bond donors (Lipinski definition) is 1. The molecule has 1 atom stereocenters. The summed E-state index contributed by atoms with van der Waals surface area (Å²) in [6.45, 7) is 4.30. The second kappa shape index (κ2) is 4.69. The summed E-state index contributed by atoms with van der Waals surface area (Å²) in [7, 11) is 0. The van der Waals surface area contributed by atoms with Gasteiger partial charge in [0.2, 0.25) is 5.16 Å². The Kier molecular flexibility index (Phi) is 3.02. The molecule has 8 heteroatoms. The Bertz CT molecular complexity index is 641. The highest BCUT2D eigenvalue weighted by atomic mass is 32.2. The lowest BCUT2D eigenvalue weighted by Crippen LogP contribution is -2.28. The van der Waals surface area contributed by atoms with Gasteiger partial charge < -0.3 is 10.1 Å². The molecule has 3 heterocycles. The number of fused-ring (bicyclic) bond motifs is 1. The Balaban J connectivity index is 1.75. The molecule has 0 bridgehead atoms. The second-order valence-corrected chi connectivity index (χ2v) is 5.38. The second-order valence-electron chi connectivity index (χ2n) is 4.40. The molecule has 0 aliphatic carbocycles. The van der Waals surface area contributed by atoms with Crippen molar-refractivity contribution in [3.05, 3.63) is 17.5 Å². The van der Waals surface area contributed by atoms with Gasteiger partial charge in [0.1, 0.15) is 6.61 Å². The van der Waals surface area contributed by atoms with Crippen LogP contribution in [0.1, 0.15) is 11.4 Å². The molecule has 2 aromatic heterocycles. The third-order valence-corrected chi connectivity index (χ3v) is 3.75. The van der Waals surface area contributed by atoms with Crippen molar-refractivity contribution >= 4 is 23.6 Å². The number of alkyl carbamates (subject to hydrolysis) is 1. The molecule has 1 N–H and O–H groups in total. The zero-order valence-electron chi connectivity index (χ0n) is 10.6. The average Bonchev–Trinajstić information content (AvgIpc) is 2.92. The topological polar surface area (TPSA) is 81.4 Å². The number of rotatable bonds is 3. The third-order valence-electron chi connectivity index (χ3n) is 2.75. The Morgan fingerprint density at radius 3 is 3.11 bits per heavy atom. The molecule has 1 saturated heterocycles. The van der Waals surface area contributed by atoms with Crippen LogP contribution < -0.4 is 5.32 Å². The van der Waals surface area contributed by atoms with Crippen LogP contribution in [0.4, 0.5) is 4.79 Å². The quantitative estimate of drug-likeness (QED) is 0.842. The Morgan fingerprint density at radius 2 is 2.37 bits per heavy atom. The van der Waals surface area contributed by atoms with E-state index < -0.39 is 0 Å². The molecule has 1 fully saturated rings. The Morgan fingerprint density at radius 1 is 1.53 bits per heavy atom. The molecule has 1 unspecified atom stereocenters. The van der Waals surface area contributed by atoms with Gasteiger partial charge in [0.25, 0.3) is 5.78 Å². The Hall–Kier alpha value is -1.83. The summed E-state index contributed by atoms with van der Waals surface area (Å²) in [4.78, 5) is 19.6. The number of aromatic nitrogens is 4. The van der Waals surface area contributed by atoms with E-state index in [2.05, 4.69) is 20.4 Å². The predicted molar refractivity (Wildman–Crippen MR) is 69.3 cm³/mol. The molecule has 19 heavy (non-hydrogen) atoms. The largest absolute Gasteiger partial charge is 0.447 e. The van der Waals surface area contributed by atoms with Crippen molar-refractivity contribution in [2.24, 2.45) is 0 Å². The van der Waals surface area contributed by atoms with E-state index in [1.54, 1.807) is 4.52 Å². The molecule has 100 valence electrons. The lowest BCUT2D eigenvalue weighted by molar-refractivity contribution is 0.177. The molecule has 1 amide bonds. The van der Waals surface area contributed by atoms with Gasteiger partial charge in [-0.05, 0) is 19.9 Å². The number of carbonyl (C=O) groups is 1. The van der Waals surface area contributed by atoms with Crippen LogP contribution in [-0.4, -0.2) is 44.1 Å². The molecule has 0 radical (unpaired) electrons. The summed E-state index contributed by atoms with van der Waals surface area (Å²) in [6.07, 6.45) is -0.360. The zero-order valence-corrected chi connectivity index (χ0v) is 11.4. The van der Waals surface area contributed by atoms with Crippen molar-refractivity contribution in [3.8, 4) is 0 Å². The molecule has 3 rings (SSSR count). The molecule has 7 nitrogen and oxygen atoms in total. The SMILES string of the molecule is Cc1cc(C)n2nc(SCC3COC(=O)N3)nc2n1. The van der Waals surface area contributed by atoms with Crippen molar-refractivity contribution in [2.45, 2.75) is 25.0 Å². The maximum absolute atomic E-state index is 10.9. The summed E-state index contributed by atoms with van der Waals surface area (Å²) in [6, 6.07) is 1.97. The van der Waals surface area contributed by atoms with Crippen LogP contribution in [0, 0.1) is 13.8 Å². The summed E-state index contributed by atoms with van der Waals surface area (Å²) in [5.74, 6) is 1.28. The van der Waals surface area contributed by atoms with E-state index in [1.807, 2.05) is 19.9 Å². The van der Waals surface area contributed by atoms with Gasteiger partial charge in [0.15, 0.2) is 0 Å². The van der Waals surface area contributed by atoms with E-state index in [1.165, 1.54) is 11.8 Å². The number of thioether (sulfide) groups is 1. The van der Waals surface area contributed by atoms with Crippen molar-refractivity contribution in [2.75, 3.05) is 12.4 Å². The van der Waals surface area contributed by atoms with Crippen molar-refractivity contribution in [1.29, 1.82) is 0 Å². The molecule has 1 aliphatic rings. The molecule has 0 saturated carbocycles. The minimum Gasteiger partial charge on any atom is -0.447 e. The van der Waals surface area contributed by atoms with Gasteiger partial charge >= 0.3 is 6.09 Å². The van der Waals surface area contributed by atoms with E-state index in [9.17, 15) is 4.79 Å². The van der Waals surface area contributed by atoms with Crippen LogP contribution in [0.5, 0.6) is 0 Å². The van der Waals surface area contributed by atoms with Gasteiger partial charge in [-0.3, -0.25) is 0 Å². The highest BCUT2D eigenvalue weighted by Crippen LogP contribution is 2.17. The maximum atomic E-state index is 10.9. The standard InChI is InChI=1S/C11H13N5O2S/c1-6-3-7(2)16-9(12-6)14-10(15-16)19-5-8-4-18-11(17)13-8/h3,8H,4-5H2,1-2H3,(H,13,17). The molecule has 0 spiro atoms. The fourth-order valence-corrected chi connectivity index (χ4v) is 2.72. The van der Waals surface area contributed by atoms with Crippen LogP contribution in [0.3, 0.4) is 0 Å². The van der Waals surface area contributed by atoms with E-state index in [4.69, 9.17) is 4.74 Å². The molecule has 2 aromatic rings. The van der Waals surface area contributed by atoms with Gasteiger partial charge in [-0.25, -0.2) is 14.3 Å². The van der Waals surface area contributed by atoms with E-state index in [0.717, 1.165) is 11.4 Å². The first-order chi connectivity index (χ1) is 9.11. The highest BCUT2D eigenvalue weighted by molar-refractivity contribution is 7.99. The number of nitrogens with one attached hydrogen (secondary N) is 1. The van der Waals surface area contributed by atoms with Crippen LogP contribution in [0.2, 0.25) is 0 Å². The molecule has 1 aliphatic heterocycles. The fourth-order valence-electron chi connectivity index (χ4n) is 1.90. The summed E-state index contributed by atoms with van der Waals surface area (Å²) in [5, 5.41) is 7.76. The molecular weight excluding hydrogens is 266 g/mol. The number of nitrogens with zero attached hydrogens (tertiary/aromatic N) is 4. The molecule has 0 aromatic carbocycles. The minimum atomic E-state index is -0.360. The highest BCUT2D eigenvalue weighted by Gasteiger charge is 2.22. The van der Waals surface area contributed by atoms with Gasteiger partial charge in [0.05, 0.1) is 6.04 Å². The molecular formula is C11H13N5O2S. The van der Waals surface area contributed by atoms with Gasteiger partial charge in [-0.2, -0.15) is 4.98 Å². The smallest absolute Gasteiger partial charge is 0.407 e. The number of hydrogen-bond acceptors (Lipinski definition) is 6. The van der Waals surface area contributed by atoms with Gasteiger partial charge in [0, 0.05) is 17.1 Å². The van der Waals surface area contributed by atoms with Crippen LogP contribution in [-0.2, 0) is 4.74 Å². The first-order valence-electron chi connectivity index (χ1n) is 5.89. The van der Waals surface area contributed by atoms with E-state index >= 15 is 0 Å². The summed E-state index contributed by atoms with van der Waals surface area (Å²) < 4.78 is 6.55. The third kappa shape index (κ3) is 2.48. The summed E-state index contributed by atoms with van der Waals surface area (Å²) in [5.41, 5.74) is 1.92. The minimum absolute atomic E-state index is 0.0138. The Labute approximate surface area is 113 Å². The van der Waals surface area contributed by atoms with Crippen molar-refractivity contribution in [3.63, 3.8) is 0 Å². The zero-order chi connectivity index (χ0) is 13.4. The summed E-state index contributed by atoms with van der Waals surface area (Å²) >= 11 is 1.48. The maximum Gasteiger partial charge on any atom is 0.407 e. The van der Waals surface area contributed by atoms with Crippen LogP contribution in [0.15, 0.2) is 11.2 Å². The predicted octanol–water partition coefficient (Wildman–Crippen LogP) is 0.942.